The Kier molecular flexibility index (Phi) is 8.99. The normalized spacial score (nSPS) is 14.2. The molecule has 10 heteroatoms. The Labute approximate surface area is 234 Å². The molecule has 0 aromatic heterocycles. The van der Waals surface area contributed by atoms with Crippen LogP contribution in [0, 0.1) is 13.8 Å². The molecule has 1 saturated heterocycles. The molecule has 1 N–H and O–H groups in total. The van der Waals surface area contributed by atoms with Gasteiger partial charge in [-0.3, -0.25) is 19.3 Å². The quantitative estimate of drug-likeness (QED) is 0.286. The topological polar surface area (TPSA) is 84.9 Å². The standard InChI is InChI=1S/C28H24Cl2N2O5S/c1-17-3-4-18(2)24(13-17)36-12-11-32-27(34)25(38-28(32)35)15-19-5-10-23(22(30)14-19)37-16-26(33)31-21-8-6-20(29)7-9-21/h3-10,13-15H,11-12,16H2,1-2H3,(H,31,33)/b25-15-. The number of nitrogens with one attached hydrogen (secondary N) is 1. The number of hydrogen-bond donors (Lipinski definition) is 1. The summed E-state index contributed by atoms with van der Waals surface area (Å²) in [6.07, 6.45) is 1.60. The van der Waals surface area contributed by atoms with Gasteiger partial charge in [0.25, 0.3) is 17.1 Å². The van der Waals surface area contributed by atoms with Gasteiger partial charge in [0, 0.05) is 10.7 Å². The molecule has 0 saturated carbocycles. The fourth-order valence-electron chi connectivity index (χ4n) is 3.55. The Bertz CT molecular complexity index is 1410. The molecule has 0 bridgehead atoms. The third kappa shape index (κ3) is 7.10. The lowest BCUT2D eigenvalue weighted by Crippen LogP contribution is -2.32. The number of carbonyl (C=O) groups is 3. The van der Waals surface area contributed by atoms with Gasteiger partial charge in [-0.15, -0.1) is 0 Å². The SMILES string of the molecule is Cc1ccc(C)c(OCCN2C(=O)S/C(=C\c3ccc(OCC(=O)Nc4ccc(Cl)cc4)c(Cl)c3)C2=O)c1. The highest BCUT2D eigenvalue weighted by molar-refractivity contribution is 8.18. The number of ether oxygens (including phenoxy) is 2. The molecule has 0 unspecified atom stereocenters. The Morgan fingerprint density at radius 1 is 0.974 bits per heavy atom. The van der Waals surface area contributed by atoms with Gasteiger partial charge in [0.1, 0.15) is 18.1 Å². The minimum absolute atomic E-state index is 0.140. The number of rotatable bonds is 9. The molecular weight excluding hydrogens is 547 g/mol. The van der Waals surface area contributed by atoms with Crippen LogP contribution in [-0.4, -0.2) is 41.7 Å². The lowest BCUT2D eigenvalue weighted by atomic mass is 10.1. The number of thioether (sulfide) groups is 1. The lowest BCUT2D eigenvalue weighted by molar-refractivity contribution is -0.123. The van der Waals surface area contributed by atoms with Gasteiger partial charge < -0.3 is 14.8 Å². The molecule has 0 spiro atoms. The third-order valence-electron chi connectivity index (χ3n) is 5.53. The number of benzene rings is 3. The maximum Gasteiger partial charge on any atom is 0.293 e. The van der Waals surface area contributed by atoms with E-state index in [4.69, 9.17) is 32.7 Å². The van der Waals surface area contributed by atoms with E-state index in [0.717, 1.165) is 28.6 Å². The highest BCUT2D eigenvalue weighted by Gasteiger charge is 2.34. The highest BCUT2D eigenvalue weighted by atomic mass is 35.5. The second-order valence-electron chi connectivity index (χ2n) is 8.48. The van der Waals surface area contributed by atoms with Crippen molar-refractivity contribution in [3.8, 4) is 11.5 Å². The Hall–Kier alpha value is -3.46. The van der Waals surface area contributed by atoms with Crippen LogP contribution < -0.4 is 14.8 Å². The molecular formula is C28H24Cl2N2O5S. The first kappa shape index (κ1) is 27.6. The van der Waals surface area contributed by atoms with Crippen LogP contribution in [0.5, 0.6) is 11.5 Å². The molecule has 3 aromatic rings. The number of aryl methyl sites for hydroxylation is 2. The van der Waals surface area contributed by atoms with Crippen molar-refractivity contribution in [3.63, 3.8) is 0 Å². The smallest absolute Gasteiger partial charge is 0.293 e. The molecule has 1 aliphatic rings. The zero-order valence-electron chi connectivity index (χ0n) is 20.6. The van der Waals surface area contributed by atoms with Crippen molar-refractivity contribution in [3.05, 3.63) is 92.3 Å². The van der Waals surface area contributed by atoms with E-state index in [1.165, 1.54) is 4.90 Å². The van der Waals surface area contributed by atoms with Crippen molar-refractivity contribution in [2.24, 2.45) is 0 Å². The predicted molar refractivity (Wildman–Crippen MR) is 151 cm³/mol. The van der Waals surface area contributed by atoms with Gasteiger partial charge >= 0.3 is 0 Å². The van der Waals surface area contributed by atoms with Crippen LogP contribution in [0.15, 0.2) is 65.6 Å². The number of carbonyl (C=O) groups excluding carboxylic acids is 3. The first-order chi connectivity index (χ1) is 18.2. The van der Waals surface area contributed by atoms with Crippen LogP contribution in [0.1, 0.15) is 16.7 Å². The van der Waals surface area contributed by atoms with Crippen LogP contribution in [0.4, 0.5) is 10.5 Å². The van der Waals surface area contributed by atoms with Gasteiger partial charge in [-0.25, -0.2) is 0 Å². The van der Waals surface area contributed by atoms with E-state index in [-0.39, 0.29) is 46.7 Å². The number of hydrogen-bond acceptors (Lipinski definition) is 6. The van der Waals surface area contributed by atoms with Gasteiger partial charge in [-0.1, -0.05) is 41.4 Å². The zero-order chi connectivity index (χ0) is 27.2. The summed E-state index contributed by atoms with van der Waals surface area (Å²) < 4.78 is 11.3. The average Bonchev–Trinajstić information content (AvgIpc) is 3.14. The molecule has 4 rings (SSSR count). The van der Waals surface area contributed by atoms with E-state index in [1.807, 2.05) is 32.0 Å². The second kappa shape index (κ2) is 12.4. The molecule has 3 amide bonds. The van der Waals surface area contributed by atoms with Crippen LogP contribution in [0.2, 0.25) is 10.0 Å². The zero-order valence-corrected chi connectivity index (χ0v) is 23.0. The molecule has 196 valence electrons. The van der Waals surface area contributed by atoms with Gasteiger partial charge in [0.2, 0.25) is 0 Å². The summed E-state index contributed by atoms with van der Waals surface area (Å²) in [5.41, 5.74) is 3.26. The van der Waals surface area contributed by atoms with Crippen molar-refractivity contribution >= 4 is 63.8 Å². The van der Waals surface area contributed by atoms with Crippen LogP contribution in [-0.2, 0) is 9.59 Å². The second-order valence-corrected chi connectivity index (χ2v) is 10.3. The summed E-state index contributed by atoms with van der Waals surface area (Å²) in [6.45, 7) is 4.00. The van der Waals surface area contributed by atoms with Crippen molar-refractivity contribution in [2.75, 3.05) is 25.1 Å². The number of anilines is 1. The summed E-state index contributed by atoms with van der Waals surface area (Å²) in [5.74, 6) is 0.293. The Morgan fingerprint density at radius 2 is 1.74 bits per heavy atom. The molecule has 1 fully saturated rings. The van der Waals surface area contributed by atoms with E-state index in [9.17, 15) is 14.4 Å². The minimum Gasteiger partial charge on any atom is -0.491 e. The van der Waals surface area contributed by atoms with Crippen LogP contribution >= 0.6 is 35.0 Å². The monoisotopic (exact) mass is 570 g/mol. The summed E-state index contributed by atoms with van der Waals surface area (Å²) >= 11 is 13.0. The van der Waals surface area contributed by atoms with E-state index in [0.29, 0.717) is 22.0 Å². The largest absolute Gasteiger partial charge is 0.491 e. The summed E-state index contributed by atoms with van der Waals surface area (Å²) in [6, 6.07) is 17.5. The predicted octanol–water partition coefficient (Wildman–Crippen LogP) is 6.74. The van der Waals surface area contributed by atoms with Crippen LogP contribution in [0.25, 0.3) is 6.08 Å². The van der Waals surface area contributed by atoms with Gasteiger partial charge in [-0.05, 0) is 90.8 Å². The molecule has 3 aromatic carbocycles. The molecule has 0 radical (unpaired) electrons. The summed E-state index contributed by atoms with van der Waals surface area (Å²) in [5, 5.41) is 3.17. The number of nitrogens with zero attached hydrogens (tertiary/aromatic N) is 1. The van der Waals surface area contributed by atoms with E-state index >= 15 is 0 Å². The first-order valence-corrected chi connectivity index (χ1v) is 13.2. The average molecular weight is 571 g/mol. The number of halogens is 2. The maximum atomic E-state index is 12.8. The maximum absolute atomic E-state index is 12.8. The molecule has 38 heavy (non-hydrogen) atoms. The van der Waals surface area contributed by atoms with E-state index in [2.05, 4.69) is 5.32 Å². The molecule has 7 nitrogen and oxygen atoms in total. The van der Waals surface area contributed by atoms with Gasteiger partial charge in [0.15, 0.2) is 6.61 Å². The molecule has 1 heterocycles. The van der Waals surface area contributed by atoms with Crippen molar-refractivity contribution in [1.29, 1.82) is 0 Å². The number of imide groups is 1. The fourth-order valence-corrected chi connectivity index (χ4v) is 4.79. The Balaban J connectivity index is 1.32. The lowest BCUT2D eigenvalue weighted by Gasteiger charge is -2.14. The third-order valence-corrected chi connectivity index (χ3v) is 6.98. The van der Waals surface area contributed by atoms with Gasteiger partial charge in [-0.2, -0.15) is 0 Å². The minimum atomic E-state index is -0.389. The Morgan fingerprint density at radius 3 is 2.47 bits per heavy atom. The first-order valence-electron chi connectivity index (χ1n) is 11.6. The molecule has 1 aliphatic heterocycles. The summed E-state index contributed by atoms with van der Waals surface area (Å²) in [4.78, 5) is 38.9. The van der Waals surface area contributed by atoms with Crippen LogP contribution in [0.3, 0.4) is 0 Å². The van der Waals surface area contributed by atoms with Gasteiger partial charge in [0.05, 0.1) is 16.5 Å². The van der Waals surface area contributed by atoms with Crippen molar-refractivity contribution in [1.82, 2.24) is 4.90 Å². The number of amides is 3. The van der Waals surface area contributed by atoms with E-state index < -0.39 is 0 Å². The fraction of sp³-hybridized carbons (Fsp3) is 0.179. The molecule has 0 atom stereocenters. The van der Waals surface area contributed by atoms with Crippen molar-refractivity contribution in [2.45, 2.75) is 13.8 Å². The molecule has 0 aliphatic carbocycles. The summed E-state index contributed by atoms with van der Waals surface area (Å²) in [7, 11) is 0. The van der Waals surface area contributed by atoms with Crippen molar-refractivity contribution < 1.29 is 23.9 Å². The highest BCUT2D eigenvalue weighted by Crippen LogP contribution is 2.34. The van der Waals surface area contributed by atoms with E-state index in [1.54, 1.807) is 48.5 Å².